The first-order valence-electron chi connectivity index (χ1n) is 6.93. The van der Waals surface area contributed by atoms with Crippen LogP contribution in [0.5, 0.6) is 5.75 Å². The summed E-state index contributed by atoms with van der Waals surface area (Å²) in [5.41, 5.74) is 2.27. The van der Waals surface area contributed by atoms with E-state index in [1.807, 2.05) is 42.5 Å². The summed E-state index contributed by atoms with van der Waals surface area (Å²) in [6.45, 7) is 5.57. The molecule has 4 heteroatoms. The monoisotopic (exact) mass is 367 g/mol. The molecule has 0 radical (unpaired) electrons. The highest BCUT2D eigenvalue weighted by atomic mass is 79.9. The van der Waals surface area contributed by atoms with E-state index >= 15 is 0 Å². The first-order valence-corrected chi connectivity index (χ1v) is 8.11. The Balaban J connectivity index is 1.95. The van der Waals surface area contributed by atoms with Gasteiger partial charge in [-0.15, -0.1) is 0 Å². The highest BCUT2D eigenvalue weighted by molar-refractivity contribution is 9.10. The topological polar surface area (TPSA) is 21.3 Å². The van der Waals surface area contributed by atoms with Crippen molar-refractivity contribution in [2.24, 2.45) is 0 Å². The van der Waals surface area contributed by atoms with Gasteiger partial charge in [0.15, 0.2) is 0 Å². The Morgan fingerprint density at radius 1 is 1.10 bits per heavy atom. The SMILES string of the molecule is CC(C)NCc1ccc(OCc2ccc(Br)cc2)c(Cl)c1. The molecule has 0 unspecified atom stereocenters. The maximum absolute atomic E-state index is 6.28. The molecule has 1 N–H and O–H groups in total. The molecule has 0 spiro atoms. The van der Waals surface area contributed by atoms with Crippen LogP contribution in [-0.2, 0) is 13.2 Å². The third-order valence-corrected chi connectivity index (χ3v) is 3.84. The van der Waals surface area contributed by atoms with Crippen molar-refractivity contribution >= 4 is 27.5 Å². The highest BCUT2D eigenvalue weighted by Gasteiger charge is 2.04. The molecule has 0 bridgehead atoms. The quantitative estimate of drug-likeness (QED) is 0.758. The molecule has 2 aromatic carbocycles. The third-order valence-electron chi connectivity index (χ3n) is 3.02. The van der Waals surface area contributed by atoms with Gasteiger partial charge in [0.2, 0.25) is 0 Å². The number of rotatable bonds is 6. The van der Waals surface area contributed by atoms with E-state index in [9.17, 15) is 0 Å². The van der Waals surface area contributed by atoms with E-state index in [4.69, 9.17) is 16.3 Å². The van der Waals surface area contributed by atoms with Crippen LogP contribution in [0.4, 0.5) is 0 Å². The number of nitrogens with one attached hydrogen (secondary N) is 1. The van der Waals surface area contributed by atoms with Gasteiger partial charge in [-0.3, -0.25) is 0 Å². The summed E-state index contributed by atoms with van der Waals surface area (Å²) in [5, 5.41) is 4.02. The van der Waals surface area contributed by atoms with Crippen LogP contribution in [0.15, 0.2) is 46.9 Å². The minimum atomic E-state index is 0.456. The van der Waals surface area contributed by atoms with Gasteiger partial charge in [-0.1, -0.05) is 59.6 Å². The van der Waals surface area contributed by atoms with E-state index in [2.05, 4.69) is 35.1 Å². The predicted octanol–water partition coefficient (Wildman–Crippen LogP) is 5.18. The summed E-state index contributed by atoms with van der Waals surface area (Å²) in [5.74, 6) is 0.716. The zero-order valence-electron chi connectivity index (χ0n) is 12.2. The zero-order chi connectivity index (χ0) is 15.2. The lowest BCUT2D eigenvalue weighted by atomic mass is 10.2. The fourth-order valence-corrected chi connectivity index (χ4v) is 2.36. The lowest BCUT2D eigenvalue weighted by Gasteiger charge is -2.11. The molecule has 0 aliphatic carbocycles. The molecule has 0 heterocycles. The standard InChI is InChI=1S/C17H19BrClNO/c1-12(2)20-10-14-5-8-17(16(19)9-14)21-11-13-3-6-15(18)7-4-13/h3-9,12,20H,10-11H2,1-2H3. The summed E-state index contributed by atoms with van der Waals surface area (Å²) in [7, 11) is 0. The van der Waals surface area contributed by atoms with E-state index in [1.54, 1.807) is 0 Å². The second-order valence-electron chi connectivity index (χ2n) is 5.22. The third kappa shape index (κ3) is 5.34. The summed E-state index contributed by atoms with van der Waals surface area (Å²) in [4.78, 5) is 0. The van der Waals surface area contributed by atoms with Crippen LogP contribution in [-0.4, -0.2) is 6.04 Å². The Kier molecular flexibility index (Phi) is 6.09. The van der Waals surface area contributed by atoms with Crippen LogP contribution in [0, 0.1) is 0 Å². The molecule has 2 rings (SSSR count). The van der Waals surface area contributed by atoms with E-state index in [0.717, 1.165) is 22.1 Å². The second-order valence-corrected chi connectivity index (χ2v) is 6.54. The van der Waals surface area contributed by atoms with Crippen LogP contribution in [0.25, 0.3) is 0 Å². The van der Waals surface area contributed by atoms with Crippen molar-refractivity contribution in [3.05, 3.63) is 63.1 Å². The van der Waals surface area contributed by atoms with Crippen molar-refractivity contribution < 1.29 is 4.74 Å². The van der Waals surface area contributed by atoms with Gasteiger partial charge in [-0.25, -0.2) is 0 Å². The van der Waals surface area contributed by atoms with E-state index < -0.39 is 0 Å². The lowest BCUT2D eigenvalue weighted by Crippen LogP contribution is -2.21. The molecular formula is C17H19BrClNO. The van der Waals surface area contributed by atoms with Gasteiger partial charge in [-0.05, 0) is 35.4 Å². The Hall–Kier alpha value is -1.03. The van der Waals surface area contributed by atoms with Gasteiger partial charge in [-0.2, -0.15) is 0 Å². The van der Waals surface area contributed by atoms with Crippen molar-refractivity contribution in [1.29, 1.82) is 0 Å². The van der Waals surface area contributed by atoms with Gasteiger partial charge < -0.3 is 10.1 Å². The minimum absolute atomic E-state index is 0.456. The lowest BCUT2D eigenvalue weighted by molar-refractivity contribution is 0.306. The first kappa shape index (κ1) is 16.3. The van der Waals surface area contributed by atoms with Gasteiger partial charge in [0.25, 0.3) is 0 Å². The Bertz CT molecular complexity index is 584. The molecule has 0 amide bonds. The Labute approximate surface area is 139 Å². The van der Waals surface area contributed by atoms with Crippen LogP contribution < -0.4 is 10.1 Å². The van der Waals surface area contributed by atoms with E-state index in [1.165, 1.54) is 0 Å². The number of hydrogen-bond acceptors (Lipinski definition) is 2. The van der Waals surface area contributed by atoms with Crippen molar-refractivity contribution in [3.63, 3.8) is 0 Å². The number of halogens is 2. The average molecular weight is 369 g/mol. The van der Waals surface area contributed by atoms with Crippen molar-refractivity contribution in [2.75, 3.05) is 0 Å². The molecule has 0 saturated carbocycles. The Morgan fingerprint density at radius 2 is 1.76 bits per heavy atom. The van der Waals surface area contributed by atoms with Crippen LogP contribution in [0.2, 0.25) is 5.02 Å². The Morgan fingerprint density at radius 3 is 2.38 bits per heavy atom. The molecule has 0 atom stereocenters. The normalized spacial score (nSPS) is 10.9. The molecule has 0 fully saturated rings. The molecule has 0 saturated heterocycles. The maximum Gasteiger partial charge on any atom is 0.138 e. The summed E-state index contributed by atoms with van der Waals surface area (Å²) in [6, 6.07) is 14.4. The first-order chi connectivity index (χ1) is 10.0. The smallest absolute Gasteiger partial charge is 0.138 e. The number of ether oxygens (including phenoxy) is 1. The molecule has 0 aliphatic heterocycles. The molecular weight excluding hydrogens is 350 g/mol. The highest BCUT2D eigenvalue weighted by Crippen LogP contribution is 2.26. The zero-order valence-corrected chi connectivity index (χ0v) is 14.5. The summed E-state index contributed by atoms with van der Waals surface area (Å²) >= 11 is 9.69. The van der Waals surface area contributed by atoms with Crippen molar-refractivity contribution in [3.8, 4) is 5.75 Å². The fraction of sp³-hybridized carbons (Fsp3) is 0.294. The number of hydrogen-bond donors (Lipinski definition) is 1. The van der Waals surface area contributed by atoms with Gasteiger partial charge in [0.1, 0.15) is 12.4 Å². The largest absolute Gasteiger partial charge is 0.487 e. The molecule has 21 heavy (non-hydrogen) atoms. The second kappa shape index (κ2) is 7.83. The molecule has 0 aliphatic rings. The fourth-order valence-electron chi connectivity index (χ4n) is 1.84. The minimum Gasteiger partial charge on any atom is -0.487 e. The van der Waals surface area contributed by atoms with E-state index in [-0.39, 0.29) is 0 Å². The summed E-state index contributed by atoms with van der Waals surface area (Å²) < 4.78 is 6.84. The van der Waals surface area contributed by atoms with Gasteiger partial charge >= 0.3 is 0 Å². The van der Waals surface area contributed by atoms with Gasteiger partial charge in [0.05, 0.1) is 5.02 Å². The molecule has 2 nitrogen and oxygen atoms in total. The molecule has 112 valence electrons. The molecule has 2 aromatic rings. The van der Waals surface area contributed by atoms with Crippen molar-refractivity contribution in [1.82, 2.24) is 5.32 Å². The van der Waals surface area contributed by atoms with Crippen LogP contribution in [0.1, 0.15) is 25.0 Å². The van der Waals surface area contributed by atoms with Crippen LogP contribution in [0.3, 0.4) is 0 Å². The van der Waals surface area contributed by atoms with E-state index in [0.29, 0.717) is 23.4 Å². The number of benzene rings is 2. The molecule has 0 aromatic heterocycles. The average Bonchev–Trinajstić information content (AvgIpc) is 2.46. The van der Waals surface area contributed by atoms with Crippen molar-refractivity contribution in [2.45, 2.75) is 33.0 Å². The van der Waals surface area contributed by atoms with Gasteiger partial charge in [0, 0.05) is 17.1 Å². The maximum atomic E-state index is 6.28. The van der Waals surface area contributed by atoms with Crippen LogP contribution >= 0.6 is 27.5 Å². The predicted molar refractivity (Wildman–Crippen MR) is 91.9 cm³/mol. The summed E-state index contributed by atoms with van der Waals surface area (Å²) in [6.07, 6.45) is 0.